The van der Waals surface area contributed by atoms with E-state index in [9.17, 15) is 4.79 Å². The van der Waals surface area contributed by atoms with Crippen LogP contribution in [0.25, 0.3) is 5.57 Å². The van der Waals surface area contributed by atoms with E-state index in [1.54, 1.807) is 0 Å². The Balaban J connectivity index is 0.00000190. The van der Waals surface area contributed by atoms with Gasteiger partial charge in [-0.05, 0) is 68.3 Å². The Hall–Kier alpha value is -2.33. The minimum absolute atomic E-state index is 0.0150. The molecular formula is C24H35NO3. The maximum atomic E-state index is 11.1. The molecule has 4 nitrogen and oxygen atoms in total. The third-order valence-corrected chi connectivity index (χ3v) is 4.33. The van der Waals surface area contributed by atoms with E-state index in [0.717, 1.165) is 41.8 Å². The van der Waals surface area contributed by atoms with Gasteiger partial charge in [0.25, 0.3) is 0 Å². The zero-order valence-corrected chi connectivity index (χ0v) is 18.2. The summed E-state index contributed by atoms with van der Waals surface area (Å²) < 4.78 is 6.00. The van der Waals surface area contributed by atoms with E-state index in [2.05, 4.69) is 51.1 Å². The largest absolute Gasteiger partial charge is 0.489 e. The molecule has 0 saturated carbocycles. The average molecular weight is 386 g/mol. The number of nitrogens with zero attached hydrogens (tertiary/aromatic N) is 1. The van der Waals surface area contributed by atoms with Gasteiger partial charge in [0.05, 0.1) is 6.42 Å². The molecule has 1 aromatic carbocycles. The highest BCUT2D eigenvalue weighted by atomic mass is 16.5. The van der Waals surface area contributed by atoms with Crippen LogP contribution in [0.2, 0.25) is 0 Å². The quantitative estimate of drug-likeness (QED) is 0.687. The molecule has 2 rings (SSSR count). The fraction of sp³-hybridized carbons (Fsp3) is 0.458. The highest BCUT2D eigenvalue weighted by molar-refractivity contribution is 5.86. The molecule has 0 atom stereocenters. The molecule has 1 N–H and O–H groups in total. The summed E-state index contributed by atoms with van der Waals surface area (Å²) >= 11 is 0. The van der Waals surface area contributed by atoms with Gasteiger partial charge in [-0.2, -0.15) is 0 Å². The fourth-order valence-electron chi connectivity index (χ4n) is 2.99. The van der Waals surface area contributed by atoms with Gasteiger partial charge in [0.2, 0.25) is 0 Å². The molecule has 0 aliphatic carbocycles. The van der Waals surface area contributed by atoms with Crippen molar-refractivity contribution in [3.63, 3.8) is 0 Å². The molecule has 4 heteroatoms. The Morgan fingerprint density at radius 1 is 1.29 bits per heavy atom. The number of fused-ring (bicyclic) bond motifs is 1. The lowest BCUT2D eigenvalue weighted by molar-refractivity contribution is -0.136. The summed E-state index contributed by atoms with van der Waals surface area (Å²) in [4.78, 5) is 13.3. The smallest absolute Gasteiger partial charge is 0.307 e. The summed E-state index contributed by atoms with van der Waals surface area (Å²) in [7, 11) is 4.12. The third-order valence-electron chi connectivity index (χ3n) is 4.33. The molecular weight excluding hydrogens is 350 g/mol. The number of carbonyl (C=O) groups is 1. The summed E-state index contributed by atoms with van der Waals surface area (Å²) in [5.74, 6) is -0.00931. The van der Waals surface area contributed by atoms with E-state index < -0.39 is 5.97 Å². The number of carboxylic acids is 1. The number of aliphatic carboxylic acids is 1. The van der Waals surface area contributed by atoms with Crippen molar-refractivity contribution >= 4 is 11.5 Å². The molecule has 1 heterocycles. The van der Waals surface area contributed by atoms with E-state index in [-0.39, 0.29) is 6.42 Å². The van der Waals surface area contributed by atoms with E-state index in [1.165, 1.54) is 11.1 Å². The number of rotatable bonds is 7. The first-order valence-electron chi connectivity index (χ1n) is 10.1. The maximum Gasteiger partial charge on any atom is 0.307 e. The predicted octanol–water partition coefficient (Wildman–Crippen LogP) is 5.35. The number of allylic oxidation sites excluding steroid dienone is 4. The van der Waals surface area contributed by atoms with Crippen LogP contribution in [0.1, 0.15) is 51.7 Å². The average Bonchev–Trinajstić information content (AvgIpc) is 2.78. The number of hydrogen-bond donors (Lipinski definition) is 1. The number of carboxylic acid groups (broad SMARTS) is 1. The van der Waals surface area contributed by atoms with Crippen molar-refractivity contribution in [2.75, 3.05) is 27.2 Å². The lowest BCUT2D eigenvalue weighted by Crippen LogP contribution is -2.12. The summed E-state index contributed by atoms with van der Waals surface area (Å²) in [5, 5.41) is 9.13. The van der Waals surface area contributed by atoms with Gasteiger partial charge in [0.15, 0.2) is 0 Å². The van der Waals surface area contributed by atoms with Crippen molar-refractivity contribution in [2.24, 2.45) is 0 Å². The third kappa shape index (κ3) is 7.01. The van der Waals surface area contributed by atoms with Crippen molar-refractivity contribution in [3.8, 4) is 5.75 Å². The highest BCUT2D eigenvalue weighted by Gasteiger charge is 2.19. The molecule has 1 aromatic rings. The lowest BCUT2D eigenvalue weighted by atomic mass is 9.91. The fourth-order valence-corrected chi connectivity index (χ4v) is 2.99. The predicted molar refractivity (Wildman–Crippen MR) is 118 cm³/mol. The van der Waals surface area contributed by atoms with E-state index in [0.29, 0.717) is 6.61 Å². The summed E-state index contributed by atoms with van der Waals surface area (Å²) in [5.41, 5.74) is 5.26. The Bertz CT molecular complexity index is 742. The molecule has 0 fully saturated rings. The molecule has 1 aliphatic rings. The lowest BCUT2D eigenvalue weighted by Gasteiger charge is -2.14. The van der Waals surface area contributed by atoms with Crippen molar-refractivity contribution < 1.29 is 14.6 Å². The summed E-state index contributed by atoms with van der Waals surface area (Å²) in [6, 6.07) is 5.70. The SMILES string of the molecule is CC.CC/C=C\C1=C(C)COc2ccc(CC(=O)O)cc2/C1=C\CCN(C)C. The Kier molecular flexibility index (Phi) is 10.3. The molecule has 0 unspecified atom stereocenters. The zero-order valence-electron chi connectivity index (χ0n) is 18.2. The van der Waals surface area contributed by atoms with Gasteiger partial charge in [0, 0.05) is 12.1 Å². The molecule has 0 aromatic heterocycles. The second-order valence-electron chi connectivity index (χ2n) is 6.90. The van der Waals surface area contributed by atoms with Crippen LogP contribution in [0.15, 0.2) is 47.6 Å². The van der Waals surface area contributed by atoms with Gasteiger partial charge >= 0.3 is 5.97 Å². The van der Waals surface area contributed by atoms with E-state index in [4.69, 9.17) is 9.84 Å². The van der Waals surface area contributed by atoms with Crippen molar-refractivity contribution in [1.29, 1.82) is 0 Å². The van der Waals surface area contributed by atoms with Gasteiger partial charge in [-0.25, -0.2) is 0 Å². The highest BCUT2D eigenvalue weighted by Crippen LogP contribution is 2.37. The topological polar surface area (TPSA) is 49.8 Å². The first-order valence-corrected chi connectivity index (χ1v) is 10.1. The number of hydrogen-bond acceptors (Lipinski definition) is 3. The van der Waals surface area contributed by atoms with Crippen LogP contribution >= 0.6 is 0 Å². The van der Waals surface area contributed by atoms with Crippen LogP contribution in [-0.2, 0) is 11.2 Å². The van der Waals surface area contributed by atoms with Crippen LogP contribution in [0, 0.1) is 0 Å². The first-order chi connectivity index (χ1) is 13.4. The monoisotopic (exact) mass is 385 g/mol. The molecule has 0 spiro atoms. The number of benzene rings is 1. The normalized spacial score (nSPS) is 15.2. The van der Waals surface area contributed by atoms with Crippen molar-refractivity contribution in [1.82, 2.24) is 4.90 Å². The molecule has 154 valence electrons. The molecule has 1 aliphatic heterocycles. The van der Waals surface area contributed by atoms with Crippen LogP contribution < -0.4 is 4.74 Å². The standard InChI is InChI=1S/C22H29NO3.C2H6/c1-5-6-8-18-16(2)15-26-21-11-10-17(14-22(24)25)13-20(21)19(18)9-7-12-23(3)4;1-2/h6,8-11,13H,5,7,12,14-15H2,1-4H3,(H,24,25);1-2H3/b8-6-,19-9-;. The Morgan fingerprint density at radius 2 is 2.00 bits per heavy atom. The maximum absolute atomic E-state index is 11.1. The van der Waals surface area contributed by atoms with Crippen molar-refractivity contribution in [2.45, 2.75) is 47.0 Å². The van der Waals surface area contributed by atoms with Crippen LogP contribution in [0.3, 0.4) is 0 Å². The van der Waals surface area contributed by atoms with Gasteiger partial charge in [-0.15, -0.1) is 0 Å². The molecule has 0 saturated heterocycles. The van der Waals surface area contributed by atoms with Crippen LogP contribution in [0.4, 0.5) is 0 Å². The van der Waals surface area contributed by atoms with Gasteiger partial charge in [0.1, 0.15) is 12.4 Å². The molecule has 0 amide bonds. The van der Waals surface area contributed by atoms with E-state index >= 15 is 0 Å². The summed E-state index contributed by atoms with van der Waals surface area (Å²) in [6.45, 7) is 9.71. The van der Waals surface area contributed by atoms with Crippen molar-refractivity contribution in [3.05, 3.63) is 58.7 Å². The minimum atomic E-state index is -0.824. The van der Waals surface area contributed by atoms with E-state index in [1.807, 2.05) is 32.0 Å². The van der Waals surface area contributed by atoms with Crippen LogP contribution in [-0.4, -0.2) is 43.2 Å². The Labute approximate surface area is 170 Å². The van der Waals surface area contributed by atoms with Gasteiger partial charge < -0.3 is 14.7 Å². The van der Waals surface area contributed by atoms with Gasteiger partial charge in [-0.3, -0.25) is 4.79 Å². The van der Waals surface area contributed by atoms with Crippen LogP contribution in [0.5, 0.6) is 5.75 Å². The molecule has 0 bridgehead atoms. The number of ether oxygens (including phenoxy) is 1. The second kappa shape index (κ2) is 12.2. The van der Waals surface area contributed by atoms with Gasteiger partial charge in [-0.1, -0.05) is 45.1 Å². The first kappa shape index (κ1) is 23.7. The molecule has 0 radical (unpaired) electrons. The molecule has 28 heavy (non-hydrogen) atoms. The zero-order chi connectivity index (χ0) is 21.1. The Morgan fingerprint density at radius 3 is 2.61 bits per heavy atom. The minimum Gasteiger partial charge on any atom is -0.489 e. The second-order valence-corrected chi connectivity index (χ2v) is 6.90. The summed E-state index contributed by atoms with van der Waals surface area (Å²) in [6.07, 6.45) is 8.47.